The molecule has 2 heterocycles. The highest BCUT2D eigenvalue weighted by Gasteiger charge is 2.26. The zero-order chi connectivity index (χ0) is 16.9. The van der Waals surface area contributed by atoms with Crippen molar-refractivity contribution >= 4 is 17.5 Å². The van der Waals surface area contributed by atoms with Crippen molar-refractivity contribution in [1.82, 2.24) is 15.2 Å². The highest BCUT2D eigenvalue weighted by atomic mass is 16.2. The number of carbonyl (C=O) groups excluding carboxylic acids is 2. The van der Waals surface area contributed by atoms with Crippen LogP contribution in [0, 0.1) is 0 Å². The largest absolute Gasteiger partial charge is 0.348 e. The maximum absolute atomic E-state index is 12.3. The summed E-state index contributed by atoms with van der Waals surface area (Å²) in [4.78, 5) is 30.0. The number of benzene rings is 1. The molecule has 0 saturated carbocycles. The van der Waals surface area contributed by atoms with Gasteiger partial charge in [-0.3, -0.25) is 19.5 Å². The molecular weight excluding hydrogens is 304 g/mol. The molecular formula is C18H20N4O2. The number of hydrogen-bond acceptors (Lipinski definition) is 4. The molecule has 1 atom stereocenters. The fourth-order valence-corrected chi connectivity index (χ4v) is 2.88. The number of hydrogen-bond donors (Lipinski definition) is 2. The molecule has 0 unspecified atom stereocenters. The Morgan fingerprint density at radius 1 is 1.29 bits per heavy atom. The Morgan fingerprint density at radius 3 is 2.83 bits per heavy atom. The topological polar surface area (TPSA) is 74.3 Å². The molecule has 6 nitrogen and oxygen atoms in total. The number of amides is 2. The summed E-state index contributed by atoms with van der Waals surface area (Å²) in [5.74, 6) is -0.176. The molecule has 0 radical (unpaired) electrons. The van der Waals surface area contributed by atoms with Crippen molar-refractivity contribution in [2.75, 3.05) is 18.9 Å². The summed E-state index contributed by atoms with van der Waals surface area (Å²) >= 11 is 0. The summed E-state index contributed by atoms with van der Waals surface area (Å²) in [7, 11) is 1.89. The second kappa shape index (κ2) is 7.23. The standard InChI is InChI=1S/C18H20N4O2/c1-22(11-13-6-8-19-9-7-13)12-18(24)21-16-10-17(23)20-15-5-3-2-4-14(15)16/h2-9,16H,10-12H2,1H3,(H,20,23)(H,21,24)/t16-/m1/s1. The van der Waals surface area contributed by atoms with Crippen LogP contribution in [-0.2, 0) is 16.1 Å². The highest BCUT2D eigenvalue weighted by Crippen LogP contribution is 2.29. The van der Waals surface area contributed by atoms with Crippen molar-refractivity contribution in [2.24, 2.45) is 0 Å². The number of rotatable bonds is 5. The van der Waals surface area contributed by atoms with Gasteiger partial charge in [0.15, 0.2) is 0 Å². The predicted molar refractivity (Wildman–Crippen MR) is 91.1 cm³/mol. The minimum absolute atomic E-state index is 0.0795. The zero-order valence-corrected chi connectivity index (χ0v) is 13.5. The van der Waals surface area contributed by atoms with Crippen LogP contribution in [-0.4, -0.2) is 35.3 Å². The van der Waals surface area contributed by atoms with E-state index in [0.717, 1.165) is 16.8 Å². The maximum Gasteiger partial charge on any atom is 0.234 e. The van der Waals surface area contributed by atoms with Crippen LogP contribution in [0.2, 0.25) is 0 Å². The summed E-state index contributed by atoms with van der Waals surface area (Å²) in [6, 6.07) is 11.1. The lowest BCUT2D eigenvalue weighted by atomic mass is 9.97. The van der Waals surface area contributed by atoms with E-state index in [1.165, 1.54) is 0 Å². The lowest BCUT2D eigenvalue weighted by molar-refractivity contribution is -0.123. The SMILES string of the molecule is CN(CC(=O)N[C@@H]1CC(=O)Nc2ccccc21)Cc1ccncc1. The van der Waals surface area contributed by atoms with Crippen LogP contribution in [0.15, 0.2) is 48.8 Å². The summed E-state index contributed by atoms with van der Waals surface area (Å²) in [5, 5.41) is 5.80. The molecule has 0 spiro atoms. The fourth-order valence-electron chi connectivity index (χ4n) is 2.88. The van der Waals surface area contributed by atoms with E-state index >= 15 is 0 Å². The normalized spacial score (nSPS) is 16.4. The zero-order valence-electron chi connectivity index (χ0n) is 13.5. The van der Waals surface area contributed by atoms with Gasteiger partial charge in [-0.25, -0.2) is 0 Å². The Hall–Kier alpha value is -2.73. The van der Waals surface area contributed by atoms with Gasteiger partial charge in [-0.05, 0) is 36.4 Å². The summed E-state index contributed by atoms with van der Waals surface area (Å²) in [6.45, 7) is 0.931. The van der Waals surface area contributed by atoms with Gasteiger partial charge in [0.25, 0.3) is 0 Å². The van der Waals surface area contributed by atoms with Gasteiger partial charge in [-0.2, -0.15) is 0 Å². The molecule has 0 bridgehead atoms. The molecule has 2 aromatic rings. The Labute approximate surface area is 140 Å². The summed E-state index contributed by atoms with van der Waals surface area (Å²) in [5.41, 5.74) is 2.81. The number of fused-ring (bicyclic) bond motifs is 1. The number of para-hydroxylation sites is 1. The highest BCUT2D eigenvalue weighted by molar-refractivity contribution is 5.95. The van der Waals surface area contributed by atoms with E-state index in [-0.39, 0.29) is 30.8 Å². The quantitative estimate of drug-likeness (QED) is 0.878. The molecule has 2 N–H and O–H groups in total. The molecule has 1 aliphatic heterocycles. The first-order valence-electron chi connectivity index (χ1n) is 7.87. The van der Waals surface area contributed by atoms with E-state index in [1.807, 2.05) is 48.3 Å². The fraction of sp³-hybridized carbons (Fsp3) is 0.278. The van der Waals surface area contributed by atoms with Gasteiger partial charge in [0.05, 0.1) is 19.0 Å². The van der Waals surface area contributed by atoms with Gasteiger partial charge < -0.3 is 10.6 Å². The second-order valence-corrected chi connectivity index (χ2v) is 5.99. The van der Waals surface area contributed by atoms with Crippen LogP contribution in [0.4, 0.5) is 5.69 Å². The number of nitrogens with one attached hydrogen (secondary N) is 2. The van der Waals surface area contributed by atoms with Crippen molar-refractivity contribution in [1.29, 1.82) is 0 Å². The van der Waals surface area contributed by atoms with Gasteiger partial charge in [-0.15, -0.1) is 0 Å². The smallest absolute Gasteiger partial charge is 0.234 e. The monoisotopic (exact) mass is 324 g/mol. The average molecular weight is 324 g/mol. The van der Waals surface area contributed by atoms with Crippen molar-refractivity contribution in [3.63, 3.8) is 0 Å². The minimum atomic E-state index is -0.281. The molecule has 1 aromatic heterocycles. The number of pyridine rings is 1. The first kappa shape index (κ1) is 16.1. The number of nitrogens with zero attached hydrogens (tertiary/aromatic N) is 2. The minimum Gasteiger partial charge on any atom is -0.348 e. The van der Waals surface area contributed by atoms with Gasteiger partial charge >= 0.3 is 0 Å². The molecule has 2 amide bonds. The van der Waals surface area contributed by atoms with Crippen LogP contribution in [0.1, 0.15) is 23.6 Å². The van der Waals surface area contributed by atoms with Crippen LogP contribution >= 0.6 is 0 Å². The lowest BCUT2D eigenvalue weighted by Gasteiger charge is -2.27. The van der Waals surface area contributed by atoms with Crippen LogP contribution in [0.3, 0.4) is 0 Å². The van der Waals surface area contributed by atoms with E-state index in [4.69, 9.17) is 0 Å². The van der Waals surface area contributed by atoms with Gasteiger partial charge in [0.2, 0.25) is 11.8 Å². The Morgan fingerprint density at radius 2 is 2.04 bits per heavy atom. The summed E-state index contributed by atoms with van der Waals surface area (Å²) < 4.78 is 0. The van der Waals surface area contributed by atoms with Crippen LogP contribution in [0.25, 0.3) is 0 Å². The third-order valence-electron chi connectivity index (χ3n) is 3.95. The van der Waals surface area contributed by atoms with E-state index < -0.39 is 0 Å². The first-order chi connectivity index (χ1) is 11.6. The molecule has 0 aliphatic carbocycles. The third kappa shape index (κ3) is 3.97. The van der Waals surface area contributed by atoms with Crippen molar-refractivity contribution in [2.45, 2.75) is 19.0 Å². The number of likely N-dealkylation sites (N-methyl/N-ethyl adjacent to an activating group) is 1. The van der Waals surface area contributed by atoms with E-state index in [0.29, 0.717) is 6.54 Å². The molecule has 6 heteroatoms. The van der Waals surface area contributed by atoms with Crippen molar-refractivity contribution < 1.29 is 9.59 Å². The van der Waals surface area contributed by atoms with Crippen LogP contribution in [0.5, 0.6) is 0 Å². The van der Waals surface area contributed by atoms with E-state index in [2.05, 4.69) is 15.6 Å². The Bertz CT molecular complexity index is 733. The Balaban J connectivity index is 1.60. The average Bonchev–Trinajstić information content (AvgIpc) is 2.55. The molecule has 24 heavy (non-hydrogen) atoms. The van der Waals surface area contributed by atoms with Crippen molar-refractivity contribution in [3.05, 3.63) is 59.9 Å². The van der Waals surface area contributed by atoms with Crippen molar-refractivity contribution in [3.8, 4) is 0 Å². The molecule has 0 saturated heterocycles. The molecule has 1 aliphatic rings. The van der Waals surface area contributed by atoms with Gasteiger partial charge in [0.1, 0.15) is 0 Å². The van der Waals surface area contributed by atoms with Crippen LogP contribution < -0.4 is 10.6 Å². The second-order valence-electron chi connectivity index (χ2n) is 5.99. The third-order valence-corrected chi connectivity index (χ3v) is 3.95. The van der Waals surface area contributed by atoms with E-state index in [1.54, 1.807) is 12.4 Å². The maximum atomic E-state index is 12.3. The number of anilines is 1. The Kier molecular flexibility index (Phi) is 4.86. The lowest BCUT2D eigenvalue weighted by Crippen LogP contribution is -2.40. The number of aromatic nitrogens is 1. The van der Waals surface area contributed by atoms with E-state index in [9.17, 15) is 9.59 Å². The van der Waals surface area contributed by atoms with Gasteiger partial charge in [0, 0.05) is 24.6 Å². The van der Waals surface area contributed by atoms with Gasteiger partial charge in [-0.1, -0.05) is 18.2 Å². The summed E-state index contributed by atoms with van der Waals surface area (Å²) in [6.07, 6.45) is 3.73. The molecule has 3 rings (SSSR count). The predicted octanol–water partition coefficient (Wildman–Crippen LogP) is 1.71. The molecule has 124 valence electrons. The molecule has 1 aromatic carbocycles. The first-order valence-corrected chi connectivity index (χ1v) is 7.87. The molecule has 0 fully saturated rings. The number of carbonyl (C=O) groups is 2.